The summed E-state index contributed by atoms with van der Waals surface area (Å²) in [6, 6.07) is -2.13. The van der Waals surface area contributed by atoms with Crippen LogP contribution in [0, 0.1) is 5.82 Å². The van der Waals surface area contributed by atoms with E-state index in [9.17, 15) is 35.5 Å². The molecule has 0 spiro atoms. The third-order valence-corrected chi connectivity index (χ3v) is 5.84. The van der Waals surface area contributed by atoms with Gasteiger partial charge in [-0.1, -0.05) is 11.6 Å². The quantitative estimate of drug-likeness (QED) is 0.346. The first-order valence-corrected chi connectivity index (χ1v) is 11.1. The van der Waals surface area contributed by atoms with Crippen molar-refractivity contribution < 1.29 is 35.5 Å². The number of hydrogen-bond donors (Lipinski definition) is 1. The van der Waals surface area contributed by atoms with E-state index in [0.29, 0.717) is 11.1 Å². The molecule has 0 fully saturated rings. The van der Waals surface area contributed by atoms with Gasteiger partial charge in [-0.2, -0.15) is 26.3 Å². The number of hydrogen-bond acceptors (Lipinski definition) is 3. The Hall–Kier alpha value is -3.09. The summed E-state index contributed by atoms with van der Waals surface area (Å²) in [7, 11) is 0. The van der Waals surface area contributed by atoms with Crippen LogP contribution in [-0.4, -0.2) is 50.2 Å². The Bertz CT molecular complexity index is 1230. The molecule has 196 valence electrons. The zero-order valence-corrected chi connectivity index (χ0v) is 19.7. The summed E-state index contributed by atoms with van der Waals surface area (Å²) in [5, 5.41) is 1.82. The number of carbonyl (C=O) groups is 1. The lowest BCUT2D eigenvalue weighted by atomic mass is 10.0. The molecule has 6 nitrogen and oxygen atoms in total. The Kier molecular flexibility index (Phi) is 8.01. The van der Waals surface area contributed by atoms with Gasteiger partial charge in [0.1, 0.15) is 6.04 Å². The molecule has 3 rings (SSSR count). The maximum Gasteiger partial charge on any atom is 0.408 e. The highest BCUT2D eigenvalue weighted by Gasteiger charge is 2.43. The first-order chi connectivity index (χ1) is 16.7. The van der Waals surface area contributed by atoms with Crippen molar-refractivity contribution in [3.05, 3.63) is 53.5 Å². The van der Waals surface area contributed by atoms with Crippen molar-refractivity contribution in [3.63, 3.8) is 0 Å². The molecule has 0 radical (unpaired) electrons. The van der Waals surface area contributed by atoms with Crippen LogP contribution in [0.4, 0.5) is 35.5 Å². The number of fused-ring (bicyclic) bond motifs is 1. The number of amides is 2. The van der Waals surface area contributed by atoms with Crippen LogP contribution in [0.3, 0.4) is 0 Å². The first kappa shape index (κ1) is 27.5. The van der Waals surface area contributed by atoms with Crippen LogP contribution in [-0.2, 0) is 0 Å². The van der Waals surface area contributed by atoms with Gasteiger partial charge in [0.05, 0.1) is 16.8 Å². The summed E-state index contributed by atoms with van der Waals surface area (Å²) in [4.78, 5) is 21.7. The standard InChI is InChI=1S/C22H21ClF7N5O/c1-3-35(20(36)33-18(22(28,29)30)4-5-21(25,26)27)12(2)17-9-14(15(23)10-32-17)13-8-16(24)19-31-6-7-34(19)11-13/h6-12,18H,3-5H2,1-2H3,(H,33,36). The summed E-state index contributed by atoms with van der Waals surface area (Å²) in [5.41, 5.74) is 1.01. The normalized spacial score (nSPS) is 14.1. The van der Waals surface area contributed by atoms with Crippen molar-refractivity contribution in [3.8, 4) is 11.1 Å². The molecule has 2 amide bonds. The van der Waals surface area contributed by atoms with Crippen molar-refractivity contribution in [2.45, 2.75) is 51.1 Å². The minimum absolute atomic E-state index is 0.0773. The van der Waals surface area contributed by atoms with Gasteiger partial charge in [0.2, 0.25) is 0 Å². The van der Waals surface area contributed by atoms with Crippen LogP contribution in [0.15, 0.2) is 36.9 Å². The third-order valence-electron chi connectivity index (χ3n) is 5.54. The lowest BCUT2D eigenvalue weighted by Gasteiger charge is -2.31. The fraction of sp³-hybridized carbons (Fsp3) is 0.409. The summed E-state index contributed by atoms with van der Waals surface area (Å²) < 4.78 is 93.2. The molecule has 3 aromatic heterocycles. The number of aromatic nitrogens is 3. The van der Waals surface area contributed by atoms with Gasteiger partial charge in [0, 0.05) is 48.9 Å². The molecule has 2 unspecified atom stereocenters. The third kappa shape index (κ3) is 6.37. The highest BCUT2D eigenvalue weighted by Crippen LogP contribution is 2.33. The van der Waals surface area contributed by atoms with E-state index in [-0.39, 0.29) is 22.9 Å². The average Bonchev–Trinajstić information content (AvgIpc) is 3.25. The Morgan fingerprint density at radius 1 is 1.19 bits per heavy atom. The molecule has 0 saturated carbocycles. The summed E-state index contributed by atoms with van der Waals surface area (Å²) >= 11 is 6.26. The number of rotatable bonds is 7. The Morgan fingerprint density at radius 3 is 2.50 bits per heavy atom. The number of nitrogens with one attached hydrogen (secondary N) is 1. The lowest BCUT2D eigenvalue weighted by Crippen LogP contribution is -2.51. The van der Waals surface area contributed by atoms with Gasteiger partial charge in [-0.05, 0) is 32.4 Å². The van der Waals surface area contributed by atoms with E-state index in [4.69, 9.17) is 11.6 Å². The van der Waals surface area contributed by atoms with Crippen molar-refractivity contribution in [2.75, 3.05) is 6.54 Å². The fourth-order valence-electron chi connectivity index (χ4n) is 3.65. The second kappa shape index (κ2) is 10.5. The zero-order chi connectivity index (χ0) is 26.8. The monoisotopic (exact) mass is 539 g/mol. The van der Waals surface area contributed by atoms with Gasteiger partial charge in [0.25, 0.3) is 0 Å². The molecule has 0 aromatic carbocycles. The molecule has 36 heavy (non-hydrogen) atoms. The van der Waals surface area contributed by atoms with Crippen LogP contribution < -0.4 is 5.32 Å². The largest absolute Gasteiger partial charge is 0.408 e. The molecule has 0 saturated heterocycles. The van der Waals surface area contributed by atoms with Gasteiger partial charge < -0.3 is 14.6 Å². The Labute approximate surface area is 206 Å². The van der Waals surface area contributed by atoms with E-state index >= 15 is 0 Å². The zero-order valence-electron chi connectivity index (χ0n) is 19.0. The minimum atomic E-state index is -5.08. The number of pyridine rings is 2. The molecule has 2 atom stereocenters. The molecule has 3 aromatic rings. The molecule has 0 aliphatic rings. The topological polar surface area (TPSA) is 62.5 Å². The molecular weight excluding hydrogens is 519 g/mol. The number of alkyl halides is 6. The summed E-state index contributed by atoms with van der Waals surface area (Å²) in [5.74, 6) is -0.619. The predicted octanol–water partition coefficient (Wildman–Crippen LogP) is 6.55. The van der Waals surface area contributed by atoms with Gasteiger partial charge in [-0.25, -0.2) is 14.2 Å². The van der Waals surface area contributed by atoms with Crippen LogP contribution in [0.2, 0.25) is 5.02 Å². The number of halogens is 8. The molecule has 0 aliphatic carbocycles. The van der Waals surface area contributed by atoms with Crippen LogP contribution in [0.25, 0.3) is 16.8 Å². The van der Waals surface area contributed by atoms with Crippen LogP contribution >= 0.6 is 11.6 Å². The molecule has 14 heteroatoms. The highest BCUT2D eigenvalue weighted by atomic mass is 35.5. The fourth-order valence-corrected chi connectivity index (χ4v) is 3.87. The highest BCUT2D eigenvalue weighted by molar-refractivity contribution is 6.33. The number of carbonyl (C=O) groups excluding carboxylic acids is 1. The molecule has 3 heterocycles. The van der Waals surface area contributed by atoms with Crippen LogP contribution in [0.5, 0.6) is 0 Å². The maximum atomic E-state index is 14.4. The van der Waals surface area contributed by atoms with Crippen molar-refractivity contribution in [1.29, 1.82) is 0 Å². The summed E-state index contributed by atoms with van der Waals surface area (Å²) in [6.07, 6.45) is -7.19. The molecular formula is C22H21ClF7N5O. The van der Waals surface area contributed by atoms with E-state index < -0.39 is 49.1 Å². The Balaban J connectivity index is 1.87. The van der Waals surface area contributed by atoms with Crippen molar-refractivity contribution in [1.82, 2.24) is 24.6 Å². The average molecular weight is 540 g/mol. The second-order valence-electron chi connectivity index (χ2n) is 7.98. The predicted molar refractivity (Wildman–Crippen MR) is 118 cm³/mol. The lowest BCUT2D eigenvalue weighted by molar-refractivity contribution is -0.171. The number of urea groups is 1. The van der Waals surface area contributed by atoms with E-state index in [1.54, 1.807) is 11.5 Å². The number of imidazole rings is 1. The van der Waals surface area contributed by atoms with E-state index in [2.05, 4.69) is 9.97 Å². The summed E-state index contributed by atoms with van der Waals surface area (Å²) in [6.45, 7) is 2.90. The van der Waals surface area contributed by atoms with Gasteiger partial charge in [-0.15, -0.1) is 0 Å². The van der Waals surface area contributed by atoms with Gasteiger partial charge >= 0.3 is 18.4 Å². The van der Waals surface area contributed by atoms with E-state index in [0.717, 1.165) is 4.90 Å². The van der Waals surface area contributed by atoms with Gasteiger partial charge in [0.15, 0.2) is 11.5 Å². The SMILES string of the molecule is CCN(C(=O)NC(CCC(F)(F)F)C(F)(F)F)C(C)c1cc(-c2cc(F)c3nccn3c2)c(Cl)cn1. The van der Waals surface area contributed by atoms with Crippen molar-refractivity contribution in [2.24, 2.45) is 0 Å². The first-order valence-electron chi connectivity index (χ1n) is 10.7. The minimum Gasteiger partial charge on any atom is -0.326 e. The number of nitrogens with zero attached hydrogens (tertiary/aromatic N) is 4. The molecule has 1 N–H and O–H groups in total. The van der Waals surface area contributed by atoms with Crippen molar-refractivity contribution >= 4 is 23.3 Å². The maximum absolute atomic E-state index is 14.4. The molecule has 0 aliphatic heterocycles. The van der Waals surface area contributed by atoms with E-state index in [1.165, 1.54) is 49.0 Å². The molecule has 0 bridgehead atoms. The Morgan fingerprint density at radius 2 is 1.89 bits per heavy atom. The smallest absolute Gasteiger partial charge is 0.326 e. The van der Waals surface area contributed by atoms with E-state index in [1.807, 2.05) is 0 Å². The van der Waals surface area contributed by atoms with Gasteiger partial charge in [-0.3, -0.25) is 4.98 Å². The van der Waals surface area contributed by atoms with Crippen LogP contribution in [0.1, 0.15) is 38.4 Å². The second-order valence-corrected chi connectivity index (χ2v) is 8.39.